The summed E-state index contributed by atoms with van der Waals surface area (Å²) in [4.78, 5) is 33.5. The first-order chi connectivity index (χ1) is 10.9. The van der Waals surface area contributed by atoms with Crippen LogP contribution in [0.1, 0.15) is 16.1 Å². The second-order valence-electron chi connectivity index (χ2n) is 4.67. The van der Waals surface area contributed by atoms with Gasteiger partial charge in [0.1, 0.15) is 17.2 Å². The lowest BCUT2D eigenvalue weighted by Gasteiger charge is -2.02. The Bertz CT molecular complexity index is 869. The van der Waals surface area contributed by atoms with Gasteiger partial charge < -0.3 is 14.8 Å². The smallest absolute Gasteiger partial charge is 0.335 e. The lowest BCUT2D eigenvalue weighted by Crippen LogP contribution is -2.22. The Morgan fingerprint density at radius 1 is 1.17 bits per heavy atom. The summed E-state index contributed by atoms with van der Waals surface area (Å²) in [6.07, 6.45) is 1.36. The molecule has 0 atom stereocenters. The third-order valence-electron chi connectivity index (χ3n) is 3.11. The fraction of sp³-hybridized carbons (Fsp3) is 0. The highest BCUT2D eigenvalue weighted by Crippen LogP contribution is 2.31. The molecular weight excluding hydrogens is 324 g/mol. The van der Waals surface area contributed by atoms with Crippen molar-refractivity contribution in [2.24, 2.45) is 0 Å². The van der Waals surface area contributed by atoms with Crippen molar-refractivity contribution >= 4 is 35.6 Å². The molecular formula is C15H9ClN2O5. The first-order valence-corrected chi connectivity index (χ1v) is 6.79. The fourth-order valence-electron chi connectivity index (χ4n) is 2.05. The molecule has 8 heteroatoms. The van der Waals surface area contributed by atoms with Crippen molar-refractivity contribution in [1.29, 1.82) is 0 Å². The van der Waals surface area contributed by atoms with Crippen LogP contribution >= 0.6 is 11.6 Å². The number of aromatic carboxylic acids is 1. The van der Waals surface area contributed by atoms with E-state index in [0.717, 1.165) is 0 Å². The van der Waals surface area contributed by atoms with Crippen molar-refractivity contribution < 1.29 is 23.9 Å². The quantitative estimate of drug-likeness (QED) is 0.591. The molecule has 2 aromatic rings. The van der Waals surface area contributed by atoms with Crippen molar-refractivity contribution in [2.45, 2.75) is 0 Å². The Hall–Kier alpha value is -3.06. The van der Waals surface area contributed by atoms with Crippen LogP contribution in [0.15, 0.2) is 40.4 Å². The summed E-state index contributed by atoms with van der Waals surface area (Å²) in [5.74, 6) is -0.986. The number of urea groups is 1. The molecule has 7 nitrogen and oxygen atoms in total. The number of furan rings is 1. The second kappa shape index (κ2) is 5.62. The molecule has 23 heavy (non-hydrogen) atoms. The standard InChI is InChI=1S/C15H9ClN2O5/c16-10-3-1-7(14(20)21)5-9(10)12-4-2-8(23-12)6-11-13(19)18-15(22)17-11/h1-6H,(H,20,21)(H2,17,18,19,22). The van der Waals surface area contributed by atoms with E-state index in [4.69, 9.17) is 21.1 Å². The molecule has 0 radical (unpaired) electrons. The number of halogens is 1. The highest BCUT2D eigenvalue weighted by molar-refractivity contribution is 6.33. The average Bonchev–Trinajstić information content (AvgIpc) is 3.06. The van der Waals surface area contributed by atoms with E-state index in [1.807, 2.05) is 0 Å². The van der Waals surface area contributed by atoms with E-state index in [-0.39, 0.29) is 11.3 Å². The molecule has 116 valence electrons. The number of carbonyl (C=O) groups is 3. The monoisotopic (exact) mass is 332 g/mol. The average molecular weight is 333 g/mol. The van der Waals surface area contributed by atoms with E-state index in [0.29, 0.717) is 22.1 Å². The van der Waals surface area contributed by atoms with Gasteiger partial charge in [-0.1, -0.05) is 11.6 Å². The Balaban J connectivity index is 1.95. The minimum atomic E-state index is -1.08. The number of hydrogen-bond donors (Lipinski definition) is 3. The maximum atomic E-state index is 11.4. The largest absolute Gasteiger partial charge is 0.478 e. The van der Waals surface area contributed by atoms with Gasteiger partial charge >= 0.3 is 12.0 Å². The van der Waals surface area contributed by atoms with E-state index < -0.39 is 17.9 Å². The van der Waals surface area contributed by atoms with Crippen molar-refractivity contribution in [3.8, 4) is 11.3 Å². The molecule has 0 unspecified atom stereocenters. The Labute approximate surface area is 134 Å². The summed E-state index contributed by atoms with van der Waals surface area (Å²) >= 11 is 6.07. The van der Waals surface area contributed by atoms with Crippen LogP contribution in [-0.2, 0) is 4.79 Å². The summed E-state index contributed by atoms with van der Waals surface area (Å²) in [5, 5.41) is 13.8. The molecule has 0 bridgehead atoms. The zero-order valence-corrected chi connectivity index (χ0v) is 12.2. The number of imide groups is 1. The first-order valence-electron chi connectivity index (χ1n) is 6.41. The highest BCUT2D eigenvalue weighted by Gasteiger charge is 2.23. The maximum Gasteiger partial charge on any atom is 0.335 e. The van der Waals surface area contributed by atoms with E-state index in [1.54, 1.807) is 12.1 Å². The van der Waals surface area contributed by atoms with Crippen LogP contribution in [0.3, 0.4) is 0 Å². The second-order valence-corrected chi connectivity index (χ2v) is 5.08. The topological polar surface area (TPSA) is 109 Å². The predicted molar refractivity (Wildman–Crippen MR) is 80.8 cm³/mol. The summed E-state index contributed by atoms with van der Waals surface area (Å²) in [6.45, 7) is 0. The predicted octanol–water partition coefficient (Wildman–Crippen LogP) is 2.48. The molecule has 1 aromatic heterocycles. The molecule has 1 aromatic carbocycles. The zero-order valence-electron chi connectivity index (χ0n) is 11.4. The van der Waals surface area contributed by atoms with E-state index in [1.165, 1.54) is 24.3 Å². The molecule has 1 aliphatic heterocycles. The molecule has 0 aliphatic carbocycles. The zero-order chi connectivity index (χ0) is 16.6. The normalized spacial score (nSPS) is 15.6. The van der Waals surface area contributed by atoms with Crippen LogP contribution in [0.5, 0.6) is 0 Å². The molecule has 0 spiro atoms. The van der Waals surface area contributed by atoms with E-state index >= 15 is 0 Å². The molecule has 1 fully saturated rings. The lowest BCUT2D eigenvalue weighted by molar-refractivity contribution is -0.115. The SMILES string of the molecule is O=C1NC(=O)C(=Cc2ccc(-c3cc(C(=O)O)ccc3Cl)o2)N1. The molecule has 0 saturated carbocycles. The first kappa shape index (κ1) is 14.9. The van der Waals surface area contributed by atoms with Gasteiger partial charge in [0, 0.05) is 11.6 Å². The van der Waals surface area contributed by atoms with Gasteiger partial charge in [0.25, 0.3) is 5.91 Å². The van der Waals surface area contributed by atoms with Gasteiger partial charge in [0.05, 0.1) is 10.6 Å². The number of carboxylic acids is 1. The van der Waals surface area contributed by atoms with Gasteiger partial charge in [-0.15, -0.1) is 0 Å². The van der Waals surface area contributed by atoms with Crippen LogP contribution in [0.25, 0.3) is 17.4 Å². The van der Waals surface area contributed by atoms with Gasteiger partial charge in [-0.25, -0.2) is 9.59 Å². The van der Waals surface area contributed by atoms with Gasteiger partial charge in [0.2, 0.25) is 0 Å². The summed E-state index contributed by atoms with van der Waals surface area (Å²) in [6, 6.07) is 6.80. The Kier molecular flexibility index (Phi) is 3.63. The molecule has 1 aliphatic rings. The molecule has 3 N–H and O–H groups in total. The van der Waals surface area contributed by atoms with Crippen molar-refractivity contribution in [1.82, 2.24) is 10.6 Å². The van der Waals surface area contributed by atoms with Gasteiger partial charge in [-0.2, -0.15) is 0 Å². The maximum absolute atomic E-state index is 11.4. The number of amides is 3. The van der Waals surface area contributed by atoms with Crippen molar-refractivity contribution in [2.75, 3.05) is 0 Å². The number of rotatable bonds is 3. The van der Waals surface area contributed by atoms with Crippen LogP contribution < -0.4 is 10.6 Å². The van der Waals surface area contributed by atoms with Crippen LogP contribution in [0, 0.1) is 0 Å². The Morgan fingerprint density at radius 2 is 1.96 bits per heavy atom. The summed E-state index contributed by atoms with van der Waals surface area (Å²) in [7, 11) is 0. The lowest BCUT2D eigenvalue weighted by atomic mass is 10.1. The fourth-order valence-corrected chi connectivity index (χ4v) is 2.26. The Morgan fingerprint density at radius 3 is 2.61 bits per heavy atom. The third kappa shape index (κ3) is 2.95. The molecule has 1 saturated heterocycles. The van der Waals surface area contributed by atoms with Crippen LogP contribution in [0.2, 0.25) is 5.02 Å². The number of carboxylic acid groups (broad SMARTS) is 1. The van der Waals surface area contributed by atoms with Crippen molar-refractivity contribution in [3.63, 3.8) is 0 Å². The molecule has 3 amide bonds. The summed E-state index contributed by atoms with van der Waals surface area (Å²) < 4.78 is 5.55. The van der Waals surface area contributed by atoms with Gasteiger partial charge in [0.15, 0.2) is 0 Å². The third-order valence-corrected chi connectivity index (χ3v) is 3.44. The molecule has 3 rings (SSSR count). The molecule has 2 heterocycles. The van der Waals surface area contributed by atoms with Gasteiger partial charge in [-0.3, -0.25) is 10.1 Å². The minimum Gasteiger partial charge on any atom is -0.478 e. The van der Waals surface area contributed by atoms with Crippen LogP contribution in [0.4, 0.5) is 4.79 Å². The highest BCUT2D eigenvalue weighted by atomic mass is 35.5. The van der Waals surface area contributed by atoms with Gasteiger partial charge in [-0.05, 0) is 30.3 Å². The number of hydrogen-bond acceptors (Lipinski definition) is 4. The van der Waals surface area contributed by atoms with E-state index in [2.05, 4.69) is 10.6 Å². The van der Waals surface area contributed by atoms with Crippen LogP contribution in [-0.4, -0.2) is 23.0 Å². The van der Waals surface area contributed by atoms with E-state index in [9.17, 15) is 14.4 Å². The van der Waals surface area contributed by atoms with Crippen molar-refractivity contribution in [3.05, 3.63) is 52.4 Å². The minimum absolute atomic E-state index is 0.0567. The number of carbonyl (C=O) groups excluding carboxylic acids is 2. The summed E-state index contributed by atoms with van der Waals surface area (Å²) in [5.41, 5.74) is 0.542. The number of nitrogens with one attached hydrogen (secondary N) is 2. The number of benzene rings is 1.